The lowest BCUT2D eigenvalue weighted by Gasteiger charge is -2.11. The molecule has 2 N–H and O–H groups in total. The number of nitrogens with one attached hydrogen (secondary N) is 1. The summed E-state index contributed by atoms with van der Waals surface area (Å²) in [5, 5.41) is 12.2. The molecule has 0 saturated carbocycles. The Kier molecular flexibility index (Phi) is 4.52. The van der Waals surface area contributed by atoms with Gasteiger partial charge in [0.15, 0.2) is 0 Å². The Balaban J connectivity index is 2.32. The molecule has 2 aromatic rings. The van der Waals surface area contributed by atoms with Crippen molar-refractivity contribution in [1.29, 1.82) is 0 Å². The van der Waals surface area contributed by atoms with Crippen LogP contribution in [0.4, 0.5) is 11.5 Å². The fourth-order valence-corrected chi connectivity index (χ4v) is 1.90. The molecular weight excluding hydrogens is 266 g/mol. The molecule has 0 radical (unpaired) electrons. The van der Waals surface area contributed by atoms with Gasteiger partial charge in [-0.05, 0) is 24.6 Å². The minimum atomic E-state index is -0.946. The number of carboxylic acid groups (broad SMARTS) is 1. The van der Waals surface area contributed by atoms with E-state index in [9.17, 15) is 4.79 Å². The molecule has 0 aliphatic heterocycles. The Bertz CT molecular complexity index is 654. The van der Waals surface area contributed by atoms with Crippen LogP contribution in [0.5, 0.6) is 0 Å². The Morgan fingerprint density at radius 1 is 1.29 bits per heavy atom. The maximum absolute atomic E-state index is 11.0. The van der Waals surface area contributed by atoms with E-state index >= 15 is 0 Å². The summed E-state index contributed by atoms with van der Waals surface area (Å²) in [5.41, 5.74) is 1.91. The van der Waals surface area contributed by atoms with Crippen LogP contribution in [0.1, 0.15) is 48.6 Å². The van der Waals surface area contributed by atoms with Gasteiger partial charge in [0.25, 0.3) is 0 Å². The normalized spacial score (nSPS) is 10.7. The van der Waals surface area contributed by atoms with E-state index in [0.29, 0.717) is 11.5 Å². The van der Waals surface area contributed by atoms with Gasteiger partial charge in [-0.1, -0.05) is 26.8 Å². The summed E-state index contributed by atoms with van der Waals surface area (Å²) < 4.78 is 0. The molecule has 1 aromatic heterocycles. The smallest absolute Gasteiger partial charge is 0.335 e. The van der Waals surface area contributed by atoms with E-state index in [1.165, 1.54) is 0 Å². The third kappa shape index (κ3) is 3.78. The zero-order valence-electron chi connectivity index (χ0n) is 12.4. The lowest BCUT2D eigenvalue weighted by atomic mass is 10.2. The van der Waals surface area contributed by atoms with Gasteiger partial charge in [-0.3, -0.25) is 0 Å². The molecule has 0 bridgehead atoms. The predicted octanol–water partition coefficient (Wildman–Crippen LogP) is 3.60. The summed E-state index contributed by atoms with van der Waals surface area (Å²) in [4.78, 5) is 20.0. The van der Waals surface area contributed by atoms with Crippen LogP contribution in [0.25, 0.3) is 0 Å². The lowest BCUT2D eigenvalue weighted by molar-refractivity contribution is 0.0697. The number of aromatic carboxylic acids is 1. The van der Waals surface area contributed by atoms with Crippen LogP contribution >= 0.6 is 0 Å². The molecule has 110 valence electrons. The van der Waals surface area contributed by atoms with Crippen LogP contribution in [0.15, 0.2) is 30.3 Å². The highest BCUT2D eigenvalue weighted by Crippen LogP contribution is 2.19. The number of hydrogen-bond acceptors (Lipinski definition) is 4. The van der Waals surface area contributed by atoms with Gasteiger partial charge in [0.2, 0.25) is 0 Å². The summed E-state index contributed by atoms with van der Waals surface area (Å²) in [7, 11) is 0. The molecule has 0 aliphatic rings. The number of nitrogens with zero attached hydrogens (tertiary/aromatic N) is 2. The molecule has 1 aromatic carbocycles. The van der Waals surface area contributed by atoms with Crippen molar-refractivity contribution in [3.8, 4) is 0 Å². The van der Waals surface area contributed by atoms with E-state index in [4.69, 9.17) is 5.11 Å². The first-order chi connectivity index (χ1) is 9.99. The molecule has 2 rings (SSSR count). The van der Waals surface area contributed by atoms with Gasteiger partial charge in [0, 0.05) is 23.4 Å². The van der Waals surface area contributed by atoms with Gasteiger partial charge < -0.3 is 10.4 Å². The number of benzene rings is 1. The summed E-state index contributed by atoms with van der Waals surface area (Å²) in [6, 6.07) is 8.56. The molecule has 0 fully saturated rings. The molecule has 0 saturated heterocycles. The monoisotopic (exact) mass is 285 g/mol. The number of aryl methyl sites for hydroxylation is 1. The largest absolute Gasteiger partial charge is 0.478 e. The highest BCUT2D eigenvalue weighted by atomic mass is 16.4. The van der Waals surface area contributed by atoms with Gasteiger partial charge in [-0.15, -0.1) is 0 Å². The Morgan fingerprint density at radius 2 is 2.05 bits per heavy atom. The fraction of sp³-hybridized carbons (Fsp3) is 0.312. The van der Waals surface area contributed by atoms with Gasteiger partial charge in [0.05, 0.1) is 5.56 Å². The Morgan fingerprint density at radius 3 is 2.67 bits per heavy atom. The molecule has 0 atom stereocenters. The summed E-state index contributed by atoms with van der Waals surface area (Å²) in [6.07, 6.45) is 0.825. The number of carboxylic acids is 1. The third-order valence-electron chi connectivity index (χ3n) is 3.06. The van der Waals surface area contributed by atoms with E-state index < -0.39 is 5.97 Å². The van der Waals surface area contributed by atoms with Crippen molar-refractivity contribution < 1.29 is 9.90 Å². The maximum atomic E-state index is 11.0. The minimum absolute atomic E-state index is 0.238. The van der Waals surface area contributed by atoms with Crippen LogP contribution in [-0.4, -0.2) is 21.0 Å². The van der Waals surface area contributed by atoms with Crippen molar-refractivity contribution in [1.82, 2.24) is 9.97 Å². The SMILES string of the molecule is CCc1cc(Nc2cccc(C(=O)O)c2)nc(C(C)C)n1. The predicted molar refractivity (Wildman–Crippen MR) is 82.2 cm³/mol. The van der Waals surface area contributed by atoms with Crippen molar-refractivity contribution in [3.63, 3.8) is 0 Å². The van der Waals surface area contributed by atoms with E-state index in [-0.39, 0.29) is 11.5 Å². The molecular formula is C16H19N3O2. The molecule has 0 unspecified atom stereocenters. The van der Waals surface area contributed by atoms with Gasteiger partial charge >= 0.3 is 5.97 Å². The van der Waals surface area contributed by atoms with Crippen molar-refractivity contribution in [2.45, 2.75) is 33.1 Å². The minimum Gasteiger partial charge on any atom is -0.478 e. The quantitative estimate of drug-likeness (QED) is 0.877. The average Bonchev–Trinajstić information content (AvgIpc) is 2.47. The van der Waals surface area contributed by atoms with Crippen molar-refractivity contribution in [2.24, 2.45) is 0 Å². The molecule has 0 spiro atoms. The van der Waals surface area contributed by atoms with E-state index in [2.05, 4.69) is 15.3 Å². The zero-order valence-corrected chi connectivity index (χ0v) is 12.4. The highest BCUT2D eigenvalue weighted by molar-refractivity contribution is 5.89. The third-order valence-corrected chi connectivity index (χ3v) is 3.06. The standard InChI is InChI=1S/C16H19N3O2/c1-4-12-9-14(19-15(18-12)10(2)3)17-13-7-5-6-11(8-13)16(20)21/h5-10H,4H2,1-3H3,(H,20,21)(H,17,18,19). The van der Waals surface area contributed by atoms with E-state index in [1.807, 2.05) is 32.9 Å². The summed E-state index contributed by atoms with van der Waals surface area (Å²) >= 11 is 0. The van der Waals surface area contributed by atoms with Gasteiger partial charge in [0.1, 0.15) is 11.6 Å². The van der Waals surface area contributed by atoms with Crippen LogP contribution in [0.2, 0.25) is 0 Å². The van der Waals surface area contributed by atoms with Crippen molar-refractivity contribution in [2.75, 3.05) is 5.32 Å². The fourth-order valence-electron chi connectivity index (χ4n) is 1.90. The molecule has 5 heteroatoms. The summed E-state index contributed by atoms with van der Waals surface area (Å²) in [5.74, 6) is 0.764. The average molecular weight is 285 g/mol. The first kappa shape index (κ1) is 15.0. The van der Waals surface area contributed by atoms with E-state index in [0.717, 1.165) is 17.9 Å². The number of anilines is 2. The lowest BCUT2D eigenvalue weighted by Crippen LogP contribution is -2.05. The number of carbonyl (C=O) groups is 1. The van der Waals surface area contributed by atoms with Crippen molar-refractivity contribution >= 4 is 17.5 Å². The maximum Gasteiger partial charge on any atom is 0.335 e. The van der Waals surface area contributed by atoms with Crippen LogP contribution < -0.4 is 5.32 Å². The second-order valence-electron chi connectivity index (χ2n) is 5.12. The van der Waals surface area contributed by atoms with E-state index in [1.54, 1.807) is 18.2 Å². The van der Waals surface area contributed by atoms with Crippen LogP contribution in [0.3, 0.4) is 0 Å². The Hall–Kier alpha value is -2.43. The van der Waals surface area contributed by atoms with Crippen molar-refractivity contribution in [3.05, 3.63) is 47.4 Å². The topological polar surface area (TPSA) is 75.1 Å². The first-order valence-electron chi connectivity index (χ1n) is 6.97. The highest BCUT2D eigenvalue weighted by Gasteiger charge is 2.08. The molecule has 0 aliphatic carbocycles. The summed E-state index contributed by atoms with van der Waals surface area (Å²) in [6.45, 7) is 6.13. The molecule has 1 heterocycles. The van der Waals surface area contributed by atoms with Crippen LogP contribution in [-0.2, 0) is 6.42 Å². The molecule has 5 nitrogen and oxygen atoms in total. The second kappa shape index (κ2) is 6.35. The molecule has 21 heavy (non-hydrogen) atoms. The Labute approximate surface area is 124 Å². The van der Waals surface area contributed by atoms with Crippen LogP contribution in [0, 0.1) is 0 Å². The van der Waals surface area contributed by atoms with Gasteiger partial charge in [-0.2, -0.15) is 0 Å². The zero-order chi connectivity index (χ0) is 15.4. The number of rotatable bonds is 5. The first-order valence-corrected chi connectivity index (χ1v) is 6.97. The second-order valence-corrected chi connectivity index (χ2v) is 5.12. The number of aromatic nitrogens is 2. The molecule has 0 amide bonds. The number of hydrogen-bond donors (Lipinski definition) is 2. The van der Waals surface area contributed by atoms with Gasteiger partial charge in [-0.25, -0.2) is 14.8 Å².